The molecular weight excluding hydrogens is 431 g/mol. The third-order valence-corrected chi connectivity index (χ3v) is 6.90. The van der Waals surface area contributed by atoms with Crippen LogP contribution >= 0.6 is 0 Å². The highest BCUT2D eigenvalue weighted by Crippen LogP contribution is 2.30. The molecule has 0 aliphatic heterocycles. The minimum atomic E-state index is -3.89. The molecule has 1 heterocycles. The van der Waals surface area contributed by atoms with E-state index in [1.807, 2.05) is 24.3 Å². The Morgan fingerprint density at radius 3 is 2.53 bits per heavy atom. The van der Waals surface area contributed by atoms with E-state index < -0.39 is 15.7 Å². The molecule has 164 valence electrons. The van der Waals surface area contributed by atoms with E-state index in [2.05, 4.69) is 5.32 Å². The number of nitrogens with zero attached hydrogens (tertiary/aromatic N) is 1. The number of carbonyl (C=O) groups is 1. The third kappa shape index (κ3) is 4.36. The lowest BCUT2D eigenvalue weighted by atomic mass is 10.2. The first kappa shape index (κ1) is 21.6. The van der Waals surface area contributed by atoms with Gasteiger partial charge in [0.15, 0.2) is 0 Å². The van der Waals surface area contributed by atoms with E-state index in [4.69, 9.17) is 4.74 Å². The maximum atomic E-state index is 13.3. The average molecular weight is 453 g/mol. The van der Waals surface area contributed by atoms with Gasteiger partial charge in [-0.25, -0.2) is 12.8 Å². The molecule has 1 aromatic heterocycles. The molecule has 0 unspecified atom stereocenters. The zero-order chi connectivity index (χ0) is 22.7. The number of para-hydroxylation sites is 1. The van der Waals surface area contributed by atoms with Gasteiger partial charge in [-0.3, -0.25) is 4.79 Å². The molecule has 0 atom stereocenters. The monoisotopic (exact) mass is 452 g/mol. The van der Waals surface area contributed by atoms with Gasteiger partial charge < -0.3 is 14.6 Å². The van der Waals surface area contributed by atoms with Crippen LogP contribution < -0.4 is 10.1 Å². The molecular formula is C24H21FN2O4S. The second-order valence-electron chi connectivity index (χ2n) is 7.22. The van der Waals surface area contributed by atoms with Crippen LogP contribution in [0.5, 0.6) is 5.75 Å². The fourth-order valence-electron chi connectivity index (χ4n) is 3.49. The number of benzene rings is 3. The summed E-state index contributed by atoms with van der Waals surface area (Å²) in [6.07, 6.45) is 1.45. The van der Waals surface area contributed by atoms with Gasteiger partial charge in [-0.15, -0.1) is 0 Å². The van der Waals surface area contributed by atoms with E-state index in [1.165, 1.54) is 18.3 Å². The lowest BCUT2D eigenvalue weighted by Crippen LogP contribution is -2.26. The molecule has 6 nitrogen and oxygen atoms in total. The molecule has 3 aromatic carbocycles. The highest BCUT2D eigenvalue weighted by Gasteiger charge is 2.24. The molecule has 0 aliphatic carbocycles. The van der Waals surface area contributed by atoms with Crippen LogP contribution in [-0.4, -0.2) is 26.0 Å². The van der Waals surface area contributed by atoms with E-state index >= 15 is 0 Å². The number of halogens is 1. The minimum Gasteiger partial charge on any atom is -0.497 e. The third-order valence-electron chi connectivity index (χ3n) is 5.10. The van der Waals surface area contributed by atoms with Crippen molar-refractivity contribution in [1.29, 1.82) is 0 Å². The molecule has 0 radical (unpaired) electrons. The van der Waals surface area contributed by atoms with Crippen LogP contribution in [0.4, 0.5) is 4.39 Å². The first-order valence-electron chi connectivity index (χ1n) is 9.86. The number of fused-ring (bicyclic) bond motifs is 1. The number of carbonyl (C=O) groups excluding carboxylic acids is 1. The van der Waals surface area contributed by atoms with E-state index in [9.17, 15) is 17.6 Å². The van der Waals surface area contributed by atoms with E-state index in [-0.39, 0.29) is 22.2 Å². The van der Waals surface area contributed by atoms with Gasteiger partial charge in [-0.2, -0.15) is 0 Å². The molecule has 0 saturated carbocycles. The molecule has 0 saturated heterocycles. The highest BCUT2D eigenvalue weighted by molar-refractivity contribution is 7.91. The van der Waals surface area contributed by atoms with Gasteiger partial charge in [0.1, 0.15) is 18.1 Å². The Kier molecular flexibility index (Phi) is 5.96. The Morgan fingerprint density at radius 1 is 1.03 bits per heavy atom. The number of rotatable bonds is 7. The highest BCUT2D eigenvalue weighted by atomic mass is 32.2. The summed E-state index contributed by atoms with van der Waals surface area (Å²) >= 11 is 0. The first-order chi connectivity index (χ1) is 15.4. The number of sulfone groups is 1. The van der Waals surface area contributed by atoms with E-state index in [1.54, 1.807) is 35.9 Å². The van der Waals surface area contributed by atoms with Crippen molar-refractivity contribution in [2.24, 2.45) is 0 Å². The van der Waals surface area contributed by atoms with Gasteiger partial charge in [0.2, 0.25) is 15.7 Å². The first-order valence-corrected chi connectivity index (χ1v) is 11.3. The van der Waals surface area contributed by atoms with Crippen LogP contribution in [0.25, 0.3) is 10.9 Å². The van der Waals surface area contributed by atoms with Gasteiger partial charge in [0, 0.05) is 23.6 Å². The molecule has 0 spiro atoms. The van der Waals surface area contributed by atoms with Crippen LogP contribution in [0, 0.1) is 5.82 Å². The van der Waals surface area contributed by atoms with Crippen molar-refractivity contribution < 1.29 is 22.3 Å². The lowest BCUT2D eigenvalue weighted by Gasteiger charge is -2.08. The van der Waals surface area contributed by atoms with Crippen LogP contribution in [0.2, 0.25) is 0 Å². The Hall–Kier alpha value is -3.65. The molecule has 0 aliphatic rings. The Balaban J connectivity index is 1.60. The predicted octanol–water partition coefficient (Wildman–Crippen LogP) is 3.94. The van der Waals surface area contributed by atoms with Gasteiger partial charge in [0.25, 0.3) is 0 Å². The number of nitrogens with one attached hydrogen (secondary N) is 1. The quantitative estimate of drug-likeness (QED) is 0.431. The number of aromatic nitrogens is 1. The Morgan fingerprint density at radius 2 is 1.78 bits per heavy atom. The zero-order valence-corrected chi connectivity index (χ0v) is 18.1. The summed E-state index contributed by atoms with van der Waals surface area (Å²) in [5, 5.41) is 3.34. The maximum Gasteiger partial charge on any atom is 0.240 e. The summed E-state index contributed by atoms with van der Waals surface area (Å²) in [4.78, 5) is 12.7. The second kappa shape index (κ2) is 8.84. The largest absolute Gasteiger partial charge is 0.497 e. The normalized spacial score (nSPS) is 11.4. The van der Waals surface area contributed by atoms with Crippen molar-refractivity contribution in [3.63, 3.8) is 0 Å². The van der Waals surface area contributed by atoms with Gasteiger partial charge >= 0.3 is 0 Å². The molecule has 4 rings (SSSR count). The summed E-state index contributed by atoms with van der Waals surface area (Å²) in [6.45, 7) is 0.263. The summed E-state index contributed by atoms with van der Waals surface area (Å²) in [5.74, 6) is -0.0813. The molecule has 1 amide bonds. The molecule has 32 heavy (non-hydrogen) atoms. The molecule has 0 fully saturated rings. The van der Waals surface area contributed by atoms with Gasteiger partial charge in [-0.05, 0) is 48.0 Å². The Labute approximate surface area is 185 Å². The minimum absolute atomic E-state index is 0.00993. The maximum absolute atomic E-state index is 13.3. The predicted molar refractivity (Wildman–Crippen MR) is 119 cm³/mol. The number of hydrogen-bond acceptors (Lipinski definition) is 4. The van der Waals surface area contributed by atoms with Crippen molar-refractivity contribution in [1.82, 2.24) is 9.88 Å². The number of methoxy groups -OCH3 is 1. The van der Waals surface area contributed by atoms with E-state index in [0.29, 0.717) is 23.2 Å². The number of amides is 1. The van der Waals surface area contributed by atoms with Crippen molar-refractivity contribution in [2.45, 2.75) is 22.9 Å². The molecule has 1 N–H and O–H groups in total. The number of hydrogen-bond donors (Lipinski definition) is 1. The fourth-order valence-corrected chi connectivity index (χ4v) is 4.97. The Bertz CT molecular complexity index is 1380. The van der Waals surface area contributed by atoms with Crippen LogP contribution in [-0.2, 0) is 27.7 Å². The topological polar surface area (TPSA) is 77.4 Å². The smallest absolute Gasteiger partial charge is 0.240 e. The summed E-state index contributed by atoms with van der Waals surface area (Å²) in [5.41, 5.74) is 1.50. The molecule has 4 aromatic rings. The lowest BCUT2D eigenvalue weighted by molar-refractivity contribution is -0.121. The van der Waals surface area contributed by atoms with E-state index in [0.717, 1.165) is 17.7 Å². The summed E-state index contributed by atoms with van der Waals surface area (Å²) in [7, 11) is -2.32. The average Bonchev–Trinajstić information content (AvgIpc) is 3.17. The fraction of sp³-hybridized carbons (Fsp3) is 0.125. The summed E-state index contributed by atoms with van der Waals surface area (Å²) in [6, 6.07) is 19.0. The standard InChI is InChI=1S/C24H21FN2O4S/c1-31-19-6-4-5-17(13-19)14-26-24(28)16-27-15-23(21-7-2-3-8-22(21)27)32(29,30)20-11-9-18(25)10-12-20/h2-13,15H,14,16H2,1H3,(H,26,28). The van der Waals surface area contributed by atoms with Crippen molar-refractivity contribution in [3.8, 4) is 5.75 Å². The SMILES string of the molecule is COc1cccc(CNC(=O)Cn2cc(S(=O)(=O)c3ccc(F)cc3)c3ccccc32)c1. The van der Waals surface area contributed by atoms with Gasteiger partial charge in [-0.1, -0.05) is 30.3 Å². The summed E-state index contributed by atoms with van der Waals surface area (Å²) < 4.78 is 46.4. The van der Waals surface area contributed by atoms with Crippen LogP contribution in [0.3, 0.4) is 0 Å². The molecule has 0 bridgehead atoms. The van der Waals surface area contributed by atoms with Gasteiger partial charge in [0.05, 0.1) is 16.9 Å². The second-order valence-corrected chi connectivity index (χ2v) is 9.14. The van der Waals surface area contributed by atoms with Crippen molar-refractivity contribution in [3.05, 3.63) is 90.4 Å². The van der Waals surface area contributed by atoms with Crippen LogP contribution in [0.15, 0.2) is 88.8 Å². The molecule has 8 heteroatoms. The van der Waals surface area contributed by atoms with Crippen molar-refractivity contribution >= 4 is 26.6 Å². The zero-order valence-electron chi connectivity index (χ0n) is 17.3. The van der Waals surface area contributed by atoms with Crippen LogP contribution in [0.1, 0.15) is 5.56 Å². The van der Waals surface area contributed by atoms with Crippen molar-refractivity contribution in [2.75, 3.05) is 7.11 Å². The number of ether oxygens (including phenoxy) is 1.